The normalized spacial score (nSPS) is 15.2. The monoisotopic (exact) mass is 317 g/mol. The van der Waals surface area contributed by atoms with Crippen molar-refractivity contribution in [1.82, 2.24) is 14.5 Å². The first-order valence-corrected chi connectivity index (χ1v) is 8.62. The Morgan fingerprint density at radius 2 is 2.09 bits per heavy atom. The van der Waals surface area contributed by atoms with Crippen LogP contribution in [0.4, 0.5) is 0 Å². The number of carbonyl (C=O) groups is 1. The molecule has 0 atom stereocenters. The summed E-state index contributed by atoms with van der Waals surface area (Å²) in [6.45, 7) is 3.95. The number of fused-ring (bicyclic) bond motifs is 1. The van der Waals surface area contributed by atoms with E-state index in [1.807, 2.05) is 35.7 Å². The molecule has 2 heterocycles. The maximum absolute atomic E-state index is 12.5. The largest absolute Gasteiger partial charge is 0.341 e. The number of hydrogen-bond acceptors (Lipinski definition) is 4. The lowest BCUT2D eigenvalue weighted by Gasteiger charge is -2.26. The van der Waals surface area contributed by atoms with Crippen molar-refractivity contribution in [2.75, 3.05) is 24.6 Å². The fraction of sp³-hybridized carbons (Fsp3) is 0.438. The van der Waals surface area contributed by atoms with Gasteiger partial charge in [0, 0.05) is 37.6 Å². The number of amides is 1. The number of thioether (sulfide) groups is 1. The predicted molar refractivity (Wildman–Crippen MR) is 89.3 cm³/mol. The highest BCUT2D eigenvalue weighted by atomic mass is 32.2. The van der Waals surface area contributed by atoms with Gasteiger partial charge in [-0.05, 0) is 18.6 Å². The average molecular weight is 317 g/mol. The molecule has 0 N–H and O–H groups in total. The molecule has 0 bridgehead atoms. The topological polar surface area (TPSA) is 55.2 Å². The first kappa shape index (κ1) is 15.1. The number of carbonyl (C=O) groups excluding carboxylic acids is 1. The Balaban J connectivity index is 1.75. The van der Waals surface area contributed by atoms with Crippen molar-refractivity contribution in [2.45, 2.75) is 19.9 Å². The summed E-state index contributed by atoms with van der Waals surface area (Å²) >= 11 is 1.88. The van der Waals surface area contributed by atoms with Crippen LogP contribution < -0.4 is 5.56 Å². The van der Waals surface area contributed by atoms with Crippen LogP contribution in [0.5, 0.6) is 0 Å². The molecule has 0 saturated carbocycles. The zero-order chi connectivity index (χ0) is 15.5. The van der Waals surface area contributed by atoms with Gasteiger partial charge in [0.2, 0.25) is 5.91 Å². The van der Waals surface area contributed by atoms with E-state index in [-0.39, 0.29) is 11.5 Å². The SMILES string of the molecule is Cc1cccc2c(=O)n(CCC(=O)N3CCSCC3)cnc12. The van der Waals surface area contributed by atoms with Gasteiger partial charge >= 0.3 is 0 Å². The van der Waals surface area contributed by atoms with Crippen molar-refractivity contribution in [1.29, 1.82) is 0 Å². The van der Waals surface area contributed by atoms with Gasteiger partial charge in [0.15, 0.2) is 0 Å². The molecular weight excluding hydrogens is 298 g/mol. The third-order valence-electron chi connectivity index (χ3n) is 3.99. The molecule has 0 unspecified atom stereocenters. The highest BCUT2D eigenvalue weighted by molar-refractivity contribution is 7.99. The molecular formula is C16H19N3O2S. The van der Waals surface area contributed by atoms with Crippen LogP contribution in [-0.4, -0.2) is 45.0 Å². The van der Waals surface area contributed by atoms with E-state index < -0.39 is 0 Å². The van der Waals surface area contributed by atoms with Crippen molar-refractivity contribution >= 4 is 28.6 Å². The lowest BCUT2D eigenvalue weighted by atomic mass is 10.1. The molecule has 6 heteroatoms. The van der Waals surface area contributed by atoms with E-state index in [1.54, 1.807) is 17.0 Å². The molecule has 1 saturated heterocycles. The molecule has 0 spiro atoms. The molecule has 22 heavy (non-hydrogen) atoms. The van der Waals surface area contributed by atoms with Crippen molar-refractivity contribution < 1.29 is 4.79 Å². The van der Waals surface area contributed by atoms with Crippen LogP contribution in [-0.2, 0) is 11.3 Å². The van der Waals surface area contributed by atoms with Gasteiger partial charge in [-0.1, -0.05) is 12.1 Å². The van der Waals surface area contributed by atoms with E-state index >= 15 is 0 Å². The van der Waals surface area contributed by atoms with Crippen LogP contribution in [0.1, 0.15) is 12.0 Å². The van der Waals surface area contributed by atoms with Gasteiger partial charge < -0.3 is 4.90 Å². The molecule has 3 rings (SSSR count). The zero-order valence-corrected chi connectivity index (χ0v) is 13.4. The maximum Gasteiger partial charge on any atom is 0.261 e. The van der Waals surface area contributed by atoms with Crippen molar-refractivity contribution in [2.24, 2.45) is 0 Å². The first-order valence-electron chi connectivity index (χ1n) is 7.47. The minimum Gasteiger partial charge on any atom is -0.341 e. The smallest absolute Gasteiger partial charge is 0.261 e. The summed E-state index contributed by atoms with van der Waals surface area (Å²) in [6, 6.07) is 5.59. The van der Waals surface area contributed by atoms with E-state index in [1.165, 1.54) is 0 Å². The number of nitrogens with zero attached hydrogens (tertiary/aromatic N) is 3. The lowest BCUT2D eigenvalue weighted by molar-refractivity contribution is -0.131. The van der Waals surface area contributed by atoms with E-state index in [0.29, 0.717) is 18.4 Å². The Bertz CT molecular complexity index is 751. The van der Waals surface area contributed by atoms with Gasteiger partial charge in [-0.25, -0.2) is 4.98 Å². The van der Waals surface area contributed by atoms with Gasteiger partial charge in [-0.15, -0.1) is 0 Å². The second kappa shape index (κ2) is 6.52. The summed E-state index contributed by atoms with van der Waals surface area (Å²) in [5.74, 6) is 2.13. The summed E-state index contributed by atoms with van der Waals surface area (Å²) in [7, 11) is 0. The molecule has 1 amide bonds. The molecule has 1 aromatic heterocycles. The quantitative estimate of drug-likeness (QED) is 0.864. The van der Waals surface area contributed by atoms with Crippen LogP contribution in [0.25, 0.3) is 10.9 Å². The Morgan fingerprint density at radius 3 is 2.86 bits per heavy atom. The number of rotatable bonds is 3. The van der Waals surface area contributed by atoms with Crippen LogP contribution >= 0.6 is 11.8 Å². The van der Waals surface area contributed by atoms with Gasteiger partial charge in [0.05, 0.1) is 17.2 Å². The molecule has 116 valence electrons. The maximum atomic E-state index is 12.5. The molecule has 1 aromatic carbocycles. The highest BCUT2D eigenvalue weighted by Gasteiger charge is 2.16. The summed E-state index contributed by atoms with van der Waals surface area (Å²) < 4.78 is 1.54. The Hall–Kier alpha value is -1.82. The first-order chi connectivity index (χ1) is 10.7. The minimum atomic E-state index is -0.0734. The summed E-state index contributed by atoms with van der Waals surface area (Å²) in [5, 5.41) is 0.615. The Morgan fingerprint density at radius 1 is 1.32 bits per heavy atom. The van der Waals surface area contributed by atoms with Crippen LogP contribution in [0.2, 0.25) is 0 Å². The van der Waals surface area contributed by atoms with E-state index in [9.17, 15) is 9.59 Å². The molecule has 2 aromatic rings. The highest BCUT2D eigenvalue weighted by Crippen LogP contribution is 2.12. The number of aromatic nitrogens is 2. The minimum absolute atomic E-state index is 0.0734. The number of para-hydroxylation sites is 1. The van der Waals surface area contributed by atoms with Crippen LogP contribution in [0.15, 0.2) is 29.3 Å². The second-order valence-corrected chi connectivity index (χ2v) is 6.68. The van der Waals surface area contributed by atoms with E-state index in [4.69, 9.17) is 0 Å². The molecule has 1 aliphatic heterocycles. The molecule has 1 aliphatic rings. The average Bonchev–Trinajstić information content (AvgIpc) is 2.55. The van der Waals surface area contributed by atoms with Gasteiger partial charge in [0.1, 0.15) is 0 Å². The molecule has 1 fully saturated rings. The van der Waals surface area contributed by atoms with Crippen LogP contribution in [0.3, 0.4) is 0 Å². The van der Waals surface area contributed by atoms with Crippen molar-refractivity contribution in [3.05, 3.63) is 40.4 Å². The fourth-order valence-electron chi connectivity index (χ4n) is 2.68. The number of aryl methyl sites for hydroxylation is 2. The lowest BCUT2D eigenvalue weighted by Crippen LogP contribution is -2.38. The van der Waals surface area contributed by atoms with Gasteiger partial charge in [-0.2, -0.15) is 11.8 Å². The Labute approximate surface area is 133 Å². The number of hydrogen-bond donors (Lipinski definition) is 0. The fourth-order valence-corrected chi connectivity index (χ4v) is 3.59. The van der Waals surface area contributed by atoms with Gasteiger partial charge in [-0.3, -0.25) is 14.2 Å². The number of benzene rings is 1. The summed E-state index contributed by atoms with van der Waals surface area (Å²) in [5.41, 5.74) is 1.66. The van der Waals surface area contributed by atoms with E-state index in [0.717, 1.165) is 35.7 Å². The summed E-state index contributed by atoms with van der Waals surface area (Å²) in [4.78, 5) is 30.9. The van der Waals surface area contributed by atoms with Crippen molar-refractivity contribution in [3.8, 4) is 0 Å². The van der Waals surface area contributed by atoms with Gasteiger partial charge in [0.25, 0.3) is 5.56 Å². The molecule has 0 aliphatic carbocycles. The Kier molecular flexibility index (Phi) is 4.47. The van der Waals surface area contributed by atoms with Crippen molar-refractivity contribution in [3.63, 3.8) is 0 Å². The second-order valence-electron chi connectivity index (χ2n) is 5.46. The molecule has 0 radical (unpaired) electrons. The van der Waals surface area contributed by atoms with E-state index in [2.05, 4.69) is 4.98 Å². The third-order valence-corrected chi connectivity index (χ3v) is 4.93. The standard InChI is InChI=1S/C16H19N3O2S/c1-12-3-2-4-13-15(12)17-11-19(16(13)21)6-5-14(20)18-7-9-22-10-8-18/h2-4,11H,5-10H2,1H3. The summed E-state index contributed by atoms with van der Waals surface area (Å²) in [6.07, 6.45) is 1.90. The zero-order valence-electron chi connectivity index (χ0n) is 12.6. The van der Waals surface area contributed by atoms with Crippen LogP contribution in [0, 0.1) is 6.92 Å². The third kappa shape index (κ3) is 3.02. The predicted octanol–water partition coefficient (Wildman–Crippen LogP) is 1.67. The molecule has 5 nitrogen and oxygen atoms in total.